The van der Waals surface area contributed by atoms with Crippen LogP contribution in [0.2, 0.25) is 0 Å². The molecule has 104 valence electrons. The lowest BCUT2D eigenvalue weighted by Gasteiger charge is -2.25. The Morgan fingerprint density at radius 3 is 2.95 bits per heavy atom. The van der Waals surface area contributed by atoms with Crippen LogP contribution in [0.1, 0.15) is 5.56 Å². The van der Waals surface area contributed by atoms with Crippen molar-refractivity contribution >= 4 is 21.8 Å². The summed E-state index contributed by atoms with van der Waals surface area (Å²) in [5.41, 5.74) is 6.88. The maximum atomic E-state index is 5.83. The summed E-state index contributed by atoms with van der Waals surface area (Å²) in [5, 5.41) is 3.94. The van der Waals surface area contributed by atoms with Gasteiger partial charge in [-0.25, -0.2) is 0 Å². The minimum absolute atomic E-state index is 0.420. The van der Waals surface area contributed by atoms with Crippen LogP contribution in [0, 0.1) is 0 Å². The molecular formula is C13H18BrN3O2. The third-order valence-corrected chi connectivity index (χ3v) is 3.28. The van der Waals surface area contributed by atoms with Crippen molar-refractivity contribution in [1.82, 2.24) is 4.90 Å². The SMILES string of the molecule is N/C(CN1CCOCC1)=N\OCc1cccc(Br)c1. The maximum Gasteiger partial charge on any atom is 0.153 e. The van der Waals surface area contributed by atoms with E-state index in [9.17, 15) is 0 Å². The minimum Gasteiger partial charge on any atom is -0.389 e. The predicted octanol–water partition coefficient (Wildman–Crippen LogP) is 1.57. The molecule has 0 unspecified atom stereocenters. The number of halogens is 1. The van der Waals surface area contributed by atoms with Crippen molar-refractivity contribution in [3.63, 3.8) is 0 Å². The third-order valence-electron chi connectivity index (χ3n) is 2.79. The number of morpholine rings is 1. The number of hydrogen-bond acceptors (Lipinski definition) is 4. The largest absolute Gasteiger partial charge is 0.389 e. The number of benzene rings is 1. The van der Waals surface area contributed by atoms with Crippen LogP contribution in [0.5, 0.6) is 0 Å². The lowest BCUT2D eigenvalue weighted by atomic mass is 10.2. The van der Waals surface area contributed by atoms with Crippen LogP contribution in [-0.4, -0.2) is 43.6 Å². The summed E-state index contributed by atoms with van der Waals surface area (Å²) in [7, 11) is 0. The molecule has 6 heteroatoms. The zero-order chi connectivity index (χ0) is 13.5. The second-order valence-electron chi connectivity index (χ2n) is 4.37. The monoisotopic (exact) mass is 327 g/mol. The quantitative estimate of drug-likeness (QED) is 0.506. The van der Waals surface area contributed by atoms with Crippen molar-refractivity contribution in [2.45, 2.75) is 6.61 Å². The summed E-state index contributed by atoms with van der Waals surface area (Å²) in [4.78, 5) is 7.46. The van der Waals surface area contributed by atoms with Gasteiger partial charge in [0.1, 0.15) is 6.61 Å². The predicted molar refractivity (Wildman–Crippen MR) is 77.8 cm³/mol. The fourth-order valence-corrected chi connectivity index (χ4v) is 2.28. The zero-order valence-corrected chi connectivity index (χ0v) is 12.3. The van der Waals surface area contributed by atoms with Gasteiger partial charge in [-0.15, -0.1) is 0 Å². The van der Waals surface area contributed by atoms with E-state index in [1.807, 2.05) is 24.3 Å². The van der Waals surface area contributed by atoms with Gasteiger partial charge in [0.05, 0.1) is 19.8 Å². The summed E-state index contributed by atoms with van der Waals surface area (Å²) in [5.74, 6) is 0.497. The molecule has 0 aromatic heterocycles. The second-order valence-corrected chi connectivity index (χ2v) is 5.29. The van der Waals surface area contributed by atoms with Gasteiger partial charge in [0.15, 0.2) is 5.84 Å². The molecule has 0 aliphatic carbocycles. The molecule has 1 aliphatic heterocycles. The average molecular weight is 328 g/mol. The molecule has 0 atom stereocenters. The molecule has 0 bridgehead atoms. The van der Waals surface area contributed by atoms with E-state index in [2.05, 4.69) is 26.0 Å². The van der Waals surface area contributed by atoms with Crippen molar-refractivity contribution < 1.29 is 9.57 Å². The first kappa shape index (κ1) is 14.3. The molecule has 0 radical (unpaired) electrons. The number of ether oxygens (including phenoxy) is 1. The maximum absolute atomic E-state index is 5.83. The van der Waals surface area contributed by atoms with Crippen LogP contribution in [-0.2, 0) is 16.2 Å². The first-order valence-corrected chi connectivity index (χ1v) is 7.02. The Morgan fingerprint density at radius 1 is 1.42 bits per heavy atom. The van der Waals surface area contributed by atoms with Gasteiger partial charge in [-0.2, -0.15) is 0 Å². The first-order valence-electron chi connectivity index (χ1n) is 6.23. The van der Waals surface area contributed by atoms with Gasteiger partial charge in [0, 0.05) is 17.6 Å². The molecule has 1 aromatic carbocycles. The lowest BCUT2D eigenvalue weighted by molar-refractivity contribution is 0.0443. The van der Waals surface area contributed by atoms with Gasteiger partial charge in [0.2, 0.25) is 0 Å². The number of hydrogen-bond donors (Lipinski definition) is 1. The summed E-state index contributed by atoms with van der Waals surface area (Å²) in [6.45, 7) is 4.34. The van der Waals surface area contributed by atoms with Crippen LogP contribution in [0.4, 0.5) is 0 Å². The van der Waals surface area contributed by atoms with E-state index in [-0.39, 0.29) is 0 Å². The molecule has 1 aliphatic rings. The fourth-order valence-electron chi connectivity index (χ4n) is 1.83. The molecule has 19 heavy (non-hydrogen) atoms. The zero-order valence-electron chi connectivity index (χ0n) is 10.7. The van der Waals surface area contributed by atoms with E-state index < -0.39 is 0 Å². The minimum atomic E-state index is 0.420. The Labute approximate surface area is 121 Å². The summed E-state index contributed by atoms with van der Waals surface area (Å²) < 4.78 is 6.30. The summed E-state index contributed by atoms with van der Waals surface area (Å²) in [6, 6.07) is 7.91. The van der Waals surface area contributed by atoms with Crippen LogP contribution < -0.4 is 5.73 Å². The second kappa shape index (κ2) is 7.47. The Morgan fingerprint density at radius 2 is 2.21 bits per heavy atom. The van der Waals surface area contributed by atoms with Crippen molar-refractivity contribution in [1.29, 1.82) is 0 Å². The molecule has 2 rings (SSSR count). The summed E-state index contributed by atoms with van der Waals surface area (Å²) >= 11 is 3.41. The van der Waals surface area contributed by atoms with Crippen molar-refractivity contribution in [2.75, 3.05) is 32.8 Å². The molecule has 1 aromatic rings. The third kappa shape index (κ3) is 5.18. The standard InChI is InChI=1S/C13H18BrN3O2/c14-12-3-1-2-11(8-12)10-19-16-13(15)9-17-4-6-18-7-5-17/h1-3,8H,4-7,9-10H2,(H2,15,16). The lowest BCUT2D eigenvalue weighted by Crippen LogP contribution is -2.41. The molecule has 1 saturated heterocycles. The van der Waals surface area contributed by atoms with E-state index in [4.69, 9.17) is 15.3 Å². The van der Waals surface area contributed by atoms with Crippen molar-refractivity contribution in [3.05, 3.63) is 34.3 Å². The number of rotatable bonds is 5. The van der Waals surface area contributed by atoms with Gasteiger partial charge in [-0.1, -0.05) is 33.2 Å². The highest BCUT2D eigenvalue weighted by atomic mass is 79.9. The smallest absolute Gasteiger partial charge is 0.153 e. The van der Waals surface area contributed by atoms with Gasteiger partial charge >= 0.3 is 0 Å². The number of oxime groups is 1. The topological polar surface area (TPSA) is 60.1 Å². The Bertz CT molecular complexity index is 434. The summed E-state index contributed by atoms with van der Waals surface area (Å²) in [6.07, 6.45) is 0. The van der Waals surface area contributed by atoms with Gasteiger partial charge in [-0.05, 0) is 17.7 Å². The Balaban J connectivity index is 1.75. The normalized spacial score (nSPS) is 17.4. The number of nitrogens with zero attached hydrogens (tertiary/aromatic N) is 2. The van der Waals surface area contributed by atoms with Crippen LogP contribution >= 0.6 is 15.9 Å². The Kier molecular flexibility index (Phi) is 5.62. The molecular weight excluding hydrogens is 310 g/mol. The van der Waals surface area contributed by atoms with Gasteiger partial charge in [0.25, 0.3) is 0 Å². The van der Waals surface area contributed by atoms with Crippen LogP contribution in [0.25, 0.3) is 0 Å². The van der Waals surface area contributed by atoms with Gasteiger partial charge in [-0.3, -0.25) is 4.90 Å². The molecule has 0 spiro atoms. The van der Waals surface area contributed by atoms with Gasteiger partial charge < -0.3 is 15.3 Å². The molecule has 2 N–H and O–H groups in total. The molecule has 1 heterocycles. The van der Waals surface area contributed by atoms with Crippen LogP contribution in [0.3, 0.4) is 0 Å². The van der Waals surface area contributed by atoms with E-state index in [0.29, 0.717) is 19.0 Å². The van der Waals surface area contributed by atoms with Crippen LogP contribution in [0.15, 0.2) is 33.9 Å². The molecule has 0 amide bonds. The average Bonchev–Trinajstić information content (AvgIpc) is 2.40. The van der Waals surface area contributed by atoms with E-state index >= 15 is 0 Å². The van der Waals surface area contributed by atoms with E-state index in [1.165, 1.54) is 0 Å². The highest BCUT2D eigenvalue weighted by molar-refractivity contribution is 9.10. The molecule has 1 fully saturated rings. The highest BCUT2D eigenvalue weighted by Gasteiger charge is 2.11. The fraction of sp³-hybridized carbons (Fsp3) is 0.462. The van der Waals surface area contributed by atoms with E-state index in [1.54, 1.807) is 0 Å². The van der Waals surface area contributed by atoms with E-state index in [0.717, 1.165) is 36.3 Å². The Hall–Kier alpha value is -1.11. The van der Waals surface area contributed by atoms with Crippen molar-refractivity contribution in [3.8, 4) is 0 Å². The molecule has 5 nitrogen and oxygen atoms in total. The first-order chi connectivity index (χ1) is 9.24. The number of amidine groups is 1. The van der Waals surface area contributed by atoms with Crippen molar-refractivity contribution in [2.24, 2.45) is 10.9 Å². The molecule has 0 saturated carbocycles. The highest BCUT2D eigenvalue weighted by Crippen LogP contribution is 2.12. The number of nitrogens with two attached hydrogens (primary N) is 1.